The number of nitrogens with one attached hydrogen (secondary N) is 1. The predicted molar refractivity (Wildman–Crippen MR) is 117 cm³/mol. The van der Waals surface area contributed by atoms with Gasteiger partial charge in [-0.2, -0.15) is 5.10 Å². The van der Waals surface area contributed by atoms with Gasteiger partial charge in [0.25, 0.3) is 0 Å². The molecule has 11 heteroatoms. The molecular weight excluding hydrogens is 434 g/mol. The third kappa shape index (κ3) is 7.18. The van der Waals surface area contributed by atoms with Gasteiger partial charge in [-0.15, -0.1) is 0 Å². The molecule has 33 heavy (non-hydrogen) atoms. The highest BCUT2D eigenvalue weighted by atomic mass is 19.1. The number of benzene rings is 1. The van der Waals surface area contributed by atoms with Crippen LogP contribution in [0.25, 0.3) is 0 Å². The molecule has 1 saturated heterocycles. The maximum Gasteiger partial charge on any atom is 0.410 e. The number of nitrogens with zero attached hydrogens (tertiary/aromatic N) is 5. The molecule has 9 nitrogen and oxygen atoms in total. The van der Waals surface area contributed by atoms with Gasteiger partial charge in [-0.05, 0) is 26.8 Å². The van der Waals surface area contributed by atoms with Gasteiger partial charge in [-0.25, -0.2) is 23.2 Å². The van der Waals surface area contributed by atoms with E-state index in [1.807, 2.05) is 20.8 Å². The van der Waals surface area contributed by atoms with Crippen molar-refractivity contribution in [3.8, 4) is 0 Å². The van der Waals surface area contributed by atoms with Gasteiger partial charge in [0, 0.05) is 57.4 Å². The number of piperazine rings is 1. The molecule has 1 unspecified atom stereocenters. The van der Waals surface area contributed by atoms with E-state index >= 15 is 0 Å². The average molecular weight is 467 g/mol. The largest absolute Gasteiger partial charge is 0.444 e. The summed E-state index contributed by atoms with van der Waals surface area (Å²) in [5, 5.41) is 18.4. The van der Waals surface area contributed by atoms with E-state index in [9.17, 15) is 18.7 Å². The number of carbonyl (C=O) groups excluding carboxylic acids is 1. The molecule has 1 aromatic carbocycles. The van der Waals surface area contributed by atoms with Gasteiger partial charge in [0.1, 0.15) is 35.5 Å². The standard InChI is InChI=1S/C22H32F2N6O3/c1-21(2,3)33-20(31)29-10-8-28(9-11-29)7-6-25-13-22(32,14-30-16-26-15-27-30)18-5-4-17(23)12-19(18)24/h4-5,12,15-16,25,32H,6-11,13-14H2,1-3H3. The van der Waals surface area contributed by atoms with Crippen molar-refractivity contribution in [2.45, 2.75) is 38.5 Å². The minimum absolute atomic E-state index is 0.0159. The number of carbonyl (C=O) groups is 1. The van der Waals surface area contributed by atoms with Crippen LogP contribution in [-0.4, -0.2) is 87.2 Å². The van der Waals surface area contributed by atoms with Crippen molar-refractivity contribution in [1.29, 1.82) is 0 Å². The molecule has 0 saturated carbocycles. The fourth-order valence-electron chi connectivity index (χ4n) is 3.70. The molecule has 1 aliphatic rings. The molecule has 1 atom stereocenters. The van der Waals surface area contributed by atoms with Crippen LogP contribution < -0.4 is 5.32 Å². The molecule has 1 fully saturated rings. The summed E-state index contributed by atoms with van der Waals surface area (Å²) in [5.41, 5.74) is -2.19. The molecule has 0 aliphatic carbocycles. The molecule has 2 aromatic rings. The van der Waals surface area contributed by atoms with E-state index in [4.69, 9.17) is 4.74 Å². The number of aromatic nitrogens is 3. The van der Waals surface area contributed by atoms with Crippen molar-refractivity contribution in [1.82, 2.24) is 29.9 Å². The molecule has 1 aliphatic heterocycles. The average Bonchev–Trinajstić information content (AvgIpc) is 3.23. The Labute approximate surface area is 192 Å². The third-order valence-corrected chi connectivity index (χ3v) is 5.37. The molecule has 1 aromatic heterocycles. The van der Waals surface area contributed by atoms with Crippen LogP contribution in [0.4, 0.5) is 13.6 Å². The highest BCUT2D eigenvalue weighted by Crippen LogP contribution is 2.26. The van der Waals surface area contributed by atoms with Crippen molar-refractivity contribution < 1.29 is 23.4 Å². The Hall–Kier alpha value is -2.63. The SMILES string of the molecule is CC(C)(C)OC(=O)N1CCN(CCNCC(O)(Cn2cncn2)c2ccc(F)cc2F)CC1. The zero-order valence-electron chi connectivity index (χ0n) is 19.3. The number of hydrogen-bond acceptors (Lipinski definition) is 7. The Kier molecular flexibility index (Phi) is 7.98. The summed E-state index contributed by atoms with van der Waals surface area (Å²) in [5.74, 6) is -1.53. The van der Waals surface area contributed by atoms with E-state index < -0.39 is 22.8 Å². The van der Waals surface area contributed by atoms with E-state index in [0.717, 1.165) is 12.1 Å². The number of hydrogen-bond donors (Lipinski definition) is 2. The van der Waals surface area contributed by atoms with Crippen molar-refractivity contribution in [2.24, 2.45) is 0 Å². The minimum Gasteiger partial charge on any atom is -0.444 e. The zero-order valence-corrected chi connectivity index (χ0v) is 19.3. The van der Waals surface area contributed by atoms with Crippen LogP contribution in [0.5, 0.6) is 0 Å². The van der Waals surface area contributed by atoms with Gasteiger partial charge in [-0.1, -0.05) is 6.07 Å². The molecular formula is C22H32F2N6O3. The fraction of sp³-hybridized carbons (Fsp3) is 0.591. The Balaban J connectivity index is 1.51. The molecule has 0 bridgehead atoms. The Morgan fingerprint density at radius 2 is 1.94 bits per heavy atom. The Morgan fingerprint density at radius 1 is 1.21 bits per heavy atom. The number of ether oxygens (including phenoxy) is 1. The first-order valence-electron chi connectivity index (χ1n) is 11.0. The monoisotopic (exact) mass is 466 g/mol. The lowest BCUT2D eigenvalue weighted by Gasteiger charge is -2.36. The third-order valence-electron chi connectivity index (χ3n) is 5.37. The zero-order chi connectivity index (χ0) is 24.1. The van der Waals surface area contributed by atoms with Gasteiger partial charge in [0.15, 0.2) is 0 Å². The second-order valence-corrected chi connectivity index (χ2v) is 9.23. The summed E-state index contributed by atoms with van der Waals surface area (Å²) in [4.78, 5) is 19.9. The van der Waals surface area contributed by atoms with Gasteiger partial charge >= 0.3 is 6.09 Å². The first-order valence-corrected chi connectivity index (χ1v) is 11.0. The molecule has 2 heterocycles. The lowest BCUT2D eigenvalue weighted by atomic mass is 9.93. The van der Waals surface area contributed by atoms with E-state index in [-0.39, 0.29) is 24.7 Å². The molecule has 0 spiro atoms. The van der Waals surface area contributed by atoms with Gasteiger partial charge in [-0.3, -0.25) is 4.90 Å². The highest BCUT2D eigenvalue weighted by Gasteiger charge is 2.33. The Bertz CT molecular complexity index is 913. The van der Waals surface area contributed by atoms with Crippen molar-refractivity contribution in [2.75, 3.05) is 45.8 Å². The smallest absolute Gasteiger partial charge is 0.410 e. The normalized spacial score (nSPS) is 17.1. The molecule has 2 N–H and O–H groups in total. The van der Waals surface area contributed by atoms with E-state index in [2.05, 4.69) is 20.3 Å². The van der Waals surface area contributed by atoms with Crippen LogP contribution in [0.2, 0.25) is 0 Å². The van der Waals surface area contributed by atoms with Crippen molar-refractivity contribution in [3.63, 3.8) is 0 Å². The van der Waals surface area contributed by atoms with E-state index in [1.54, 1.807) is 4.90 Å². The van der Waals surface area contributed by atoms with Crippen LogP contribution in [0.3, 0.4) is 0 Å². The van der Waals surface area contributed by atoms with Crippen LogP contribution in [0.15, 0.2) is 30.9 Å². The molecule has 1 amide bonds. The molecule has 182 valence electrons. The van der Waals surface area contributed by atoms with E-state index in [1.165, 1.54) is 23.4 Å². The lowest BCUT2D eigenvalue weighted by Crippen LogP contribution is -2.51. The quantitative estimate of drug-likeness (QED) is 0.571. The van der Waals surface area contributed by atoms with Crippen LogP contribution in [-0.2, 0) is 16.9 Å². The number of rotatable bonds is 8. The van der Waals surface area contributed by atoms with Gasteiger partial charge in [0.2, 0.25) is 0 Å². The van der Waals surface area contributed by atoms with Crippen LogP contribution in [0, 0.1) is 11.6 Å². The number of halogens is 2. The van der Waals surface area contributed by atoms with Crippen molar-refractivity contribution in [3.05, 3.63) is 48.1 Å². The second-order valence-electron chi connectivity index (χ2n) is 9.23. The van der Waals surface area contributed by atoms with E-state index in [0.29, 0.717) is 39.3 Å². The van der Waals surface area contributed by atoms with Crippen LogP contribution in [0.1, 0.15) is 26.3 Å². The topological polar surface area (TPSA) is 95.8 Å². The van der Waals surface area contributed by atoms with Gasteiger partial charge in [0.05, 0.1) is 6.54 Å². The predicted octanol–water partition coefficient (Wildman–Crippen LogP) is 1.59. The number of amides is 1. The first kappa shape index (κ1) is 25.0. The minimum atomic E-state index is -1.65. The summed E-state index contributed by atoms with van der Waals surface area (Å²) in [6.45, 7) is 9.30. The summed E-state index contributed by atoms with van der Waals surface area (Å²) < 4.78 is 34.7. The summed E-state index contributed by atoms with van der Waals surface area (Å²) >= 11 is 0. The van der Waals surface area contributed by atoms with Crippen molar-refractivity contribution >= 4 is 6.09 Å². The Morgan fingerprint density at radius 3 is 2.55 bits per heavy atom. The highest BCUT2D eigenvalue weighted by molar-refractivity contribution is 5.68. The fourth-order valence-corrected chi connectivity index (χ4v) is 3.70. The number of aliphatic hydroxyl groups is 1. The first-order chi connectivity index (χ1) is 15.6. The van der Waals surface area contributed by atoms with Crippen LogP contribution >= 0.6 is 0 Å². The molecule has 0 radical (unpaired) electrons. The second kappa shape index (κ2) is 10.5. The maximum absolute atomic E-state index is 14.5. The maximum atomic E-state index is 14.5. The lowest BCUT2D eigenvalue weighted by molar-refractivity contribution is 0.00871. The van der Waals surface area contributed by atoms with Gasteiger partial charge < -0.3 is 20.1 Å². The molecule has 3 rings (SSSR count). The summed E-state index contributed by atoms with van der Waals surface area (Å²) in [6, 6.07) is 3.12. The summed E-state index contributed by atoms with van der Waals surface area (Å²) in [7, 11) is 0. The summed E-state index contributed by atoms with van der Waals surface area (Å²) in [6.07, 6.45) is 2.45.